The van der Waals surface area contributed by atoms with Crippen molar-refractivity contribution >= 4 is 28.5 Å². The van der Waals surface area contributed by atoms with Crippen LogP contribution in [0.3, 0.4) is 0 Å². The number of nitrogens with zero attached hydrogens (tertiary/aromatic N) is 4. The number of amides is 1. The fourth-order valence-corrected chi connectivity index (χ4v) is 3.80. The third kappa shape index (κ3) is 4.28. The zero-order valence-corrected chi connectivity index (χ0v) is 18.6. The molecule has 1 atom stereocenters. The summed E-state index contributed by atoms with van der Waals surface area (Å²) in [5, 5.41) is 9.05. The first-order chi connectivity index (χ1) is 13.7. The van der Waals surface area contributed by atoms with Gasteiger partial charge in [0, 0.05) is 24.3 Å². The number of rotatable bonds is 6. The van der Waals surface area contributed by atoms with Gasteiger partial charge in [-0.25, -0.2) is 4.98 Å². The van der Waals surface area contributed by atoms with E-state index in [-0.39, 0.29) is 17.9 Å². The van der Waals surface area contributed by atoms with Crippen LogP contribution in [-0.2, 0) is 7.05 Å². The van der Waals surface area contributed by atoms with Crippen LogP contribution in [0.25, 0.3) is 11.0 Å². The number of fused-ring (bicyclic) bond motifs is 1. The van der Waals surface area contributed by atoms with Gasteiger partial charge in [0.2, 0.25) is 0 Å². The summed E-state index contributed by atoms with van der Waals surface area (Å²) in [4.78, 5) is 20.0. The number of likely N-dealkylation sites (N-methyl/N-ethyl adjacent to an activating group) is 1. The molecule has 3 rings (SSSR count). The topological polar surface area (TPSA) is 63.1 Å². The lowest BCUT2D eigenvalue weighted by molar-refractivity contribution is 0.0943. The van der Waals surface area contributed by atoms with Crippen LogP contribution in [0.15, 0.2) is 30.3 Å². The maximum absolute atomic E-state index is 13.2. The van der Waals surface area contributed by atoms with E-state index < -0.39 is 0 Å². The second kappa shape index (κ2) is 8.51. The van der Waals surface area contributed by atoms with E-state index in [1.165, 1.54) is 0 Å². The zero-order chi connectivity index (χ0) is 21.3. The molecule has 0 fully saturated rings. The highest BCUT2D eigenvalue weighted by Gasteiger charge is 2.22. The minimum Gasteiger partial charge on any atom is -0.350 e. The maximum atomic E-state index is 13.2. The monoisotopic (exact) mass is 413 g/mol. The molecule has 154 valence electrons. The van der Waals surface area contributed by atoms with Gasteiger partial charge < -0.3 is 10.2 Å². The highest BCUT2D eigenvalue weighted by atomic mass is 35.5. The van der Waals surface area contributed by atoms with E-state index in [0.29, 0.717) is 17.1 Å². The molecular formula is C22H28ClN5O. The fourth-order valence-electron chi connectivity index (χ4n) is 3.54. The third-order valence-corrected chi connectivity index (χ3v) is 5.51. The predicted molar refractivity (Wildman–Crippen MR) is 118 cm³/mol. The molecule has 0 spiro atoms. The molecule has 29 heavy (non-hydrogen) atoms. The van der Waals surface area contributed by atoms with Gasteiger partial charge in [-0.15, -0.1) is 0 Å². The molecule has 1 N–H and O–H groups in total. The summed E-state index contributed by atoms with van der Waals surface area (Å²) in [5.41, 5.74) is 4.00. The third-order valence-electron chi connectivity index (χ3n) is 5.17. The highest BCUT2D eigenvalue weighted by Crippen LogP contribution is 2.27. The van der Waals surface area contributed by atoms with E-state index in [1.54, 1.807) is 4.68 Å². The lowest BCUT2D eigenvalue weighted by Crippen LogP contribution is -2.35. The summed E-state index contributed by atoms with van der Waals surface area (Å²) in [6, 6.07) is 9.58. The lowest BCUT2D eigenvalue weighted by Gasteiger charge is -2.26. The number of hydrogen-bond donors (Lipinski definition) is 1. The normalized spacial score (nSPS) is 12.7. The van der Waals surface area contributed by atoms with Gasteiger partial charge in [-0.3, -0.25) is 9.48 Å². The average molecular weight is 414 g/mol. The van der Waals surface area contributed by atoms with Crippen LogP contribution < -0.4 is 5.32 Å². The number of benzene rings is 1. The standard InChI is InChI=1S/C22H28ClN5O/c1-13(2)18-11-16(20-14(3)26-28(6)21(20)25-18)22(29)24-12-19(27(4)5)15-9-7-8-10-17(15)23/h7-11,13,19H,12H2,1-6H3,(H,24,29). The van der Waals surface area contributed by atoms with Crippen LogP contribution >= 0.6 is 11.6 Å². The molecule has 0 aliphatic rings. The van der Waals surface area contributed by atoms with Gasteiger partial charge in [0.05, 0.1) is 22.7 Å². The van der Waals surface area contributed by atoms with Crippen molar-refractivity contribution in [1.29, 1.82) is 0 Å². The van der Waals surface area contributed by atoms with E-state index in [1.807, 2.05) is 58.4 Å². The van der Waals surface area contributed by atoms with Crippen molar-refractivity contribution in [1.82, 2.24) is 25.0 Å². The first kappa shape index (κ1) is 21.3. The van der Waals surface area contributed by atoms with Crippen molar-refractivity contribution in [3.63, 3.8) is 0 Å². The number of nitrogens with one attached hydrogen (secondary N) is 1. The van der Waals surface area contributed by atoms with Crippen LogP contribution in [0, 0.1) is 6.92 Å². The number of pyridine rings is 1. The number of carbonyl (C=O) groups excluding carboxylic acids is 1. The number of aryl methyl sites for hydroxylation is 2. The van der Waals surface area contributed by atoms with Crippen molar-refractivity contribution in [2.24, 2.45) is 7.05 Å². The molecule has 0 saturated carbocycles. The van der Waals surface area contributed by atoms with Gasteiger partial charge in [-0.1, -0.05) is 43.6 Å². The van der Waals surface area contributed by atoms with E-state index >= 15 is 0 Å². The molecule has 0 aliphatic carbocycles. The van der Waals surface area contributed by atoms with E-state index in [9.17, 15) is 4.79 Å². The highest BCUT2D eigenvalue weighted by molar-refractivity contribution is 6.31. The summed E-state index contributed by atoms with van der Waals surface area (Å²) in [5.74, 6) is 0.0770. The molecule has 0 bridgehead atoms. The van der Waals surface area contributed by atoms with Crippen molar-refractivity contribution in [2.45, 2.75) is 32.7 Å². The average Bonchev–Trinajstić information content (AvgIpc) is 2.96. The van der Waals surface area contributed by atoms with Gasteiger partial charge >= 0.3 is 0 Å². The van der Waals surface area contributed by atoms with Crippen molar-refractivity contribution in [3.05, 3.63) is 57.9 Å². The van der Waals surface area contributed by atoms with Gasteiger partial charge in [0.15, 0.2) is 5.65 Å². The summed E-state index contributed by atoms with van der Waals surface area (Å²) in [7, 11) is 5.81. The summed E-state index contributed by atoms with van der Waals surface area (Å²) in [6.07, 6.45) is 0. The Morgan fingerprint density at radius 2 is 1.97 bits per heavy atom. The van der Waals surface area contributed by atoms with Crippen LogP contribution in [0.4, 0.5) is 0 Å². The minimum atomic E-state index is -0.130. The van der Waals surface area contributed by atoms with Crippen LogP contribution in [0.2, 0.25) is 5.02 Å². The lowest BCUT2D eigenvalue weighted by atomic mass is 10.0. The predicted octanol–water partition coefficient (Wildman–Crippen LogP) is 4.09. The second-order valence-corrected chi connectivity index (χ2v) is 8.28. The molecular weight excluding hydrogens is 386 g/mol. The van der Waals surface area contributed by atoms with Crippen LogP contribution in [0.1, 0.15) is 53.1 Å². The smallest absolute Gasteiger partial charge is 0.252 e. The number of halogens is 1. The number of carbonyl (C=O) groups is 1. The Morgan fingerprint density at radius 1 is 1.28 bits per heavy atom. The van der Waals surface area contributed by atoms with Crippen molar-refractivity contribution in [2.75, 3.05) is 20.6 Å². The van der Waals surface area contributed by atoms with Crippen LogP contribution in [-0.4, -0.2) is 46.2 Å². The molecule has 6 nitrogen and oxygen atoms in total. The molecule has 0 saturated heterocycles. The number of aromatic nitrogens is 3. The van der Waals surface area contributed by atoms with Crippen LogP contribution in [0.5, 0.6) is 0 Å². The summed E-state index contributed by atoms with van der Waals surface area (Å²) in [6.45, 7) is 6.48. The molecule has 1 amide bonds. The van der Waals surface area contributed by atoms with Crippen molar-refractivity contribution < 1.29 is 4.79 Å². The Balaban J connectivity index is 1.94. The van der Waals surface area contributed by atoms with E-state index in [4.69, 9.17) is 16.6 Å². The Labute approximate surface area is 176 Å². The molecule has 0 aliphatic heterocycles. The largest absolute Gasteiger partial charge is 0.350 e. The summed E-state index contributed by atoms with van der Waals surface area (Å²) < 4.78 is 1.74. The molecule has 3 aromatic rings. The molecule has 0 radical (unpaired) electrons. The SMILES string of the molecule is Cc1nn(C)c2nc(C(C)C)cc(C(=O)NCC(c3ccccc3Cl)N(C)C)c12. The first-order valence-electron chi connectivity index (χ1n) is 9.74. The zero-order valence-electron chi connectivity index (χ0n) is 17.8. The van der Waals surface area contributed by atoms with Gasteiger partial charge in [0.1, 0.15) is 0 Å². The van der Waals surface area contributed by atoms with Gasteiger partial charge in [0.25, 0.3) is 5.91 Å². The molecule has 1 aromatic carbocycles. The second-order valence-electron chi connectivity index (χ2n) is 7.87. The summed E-state index contributed by atoms with van der Waals surface area (Å²) >= 11 is 6.39. The van der Waals surface area contributed by atoms with Gasteiger partial charge in [-0.2, -0.15) is 5.10 Å². The van der Waals surface area contributed by atoms with E-state index in [0.717, 1.165) is 28.0 Å². The maximum Gasteiger partial charge on any atom is 0.252 e. The van der Waals surface area contributed by atoms with Gasteiger partial charge in [-0.05, 0) is 44.6 Å². The van der Waals surface area contributed by atoms with Crippen molar-refractivity contribution in [3.8, 4) is 0 Å². The van der Waals surface area contributed by atoms with E-state index in [2.05, 4.69) is 29.2 Å². The molecule has 1 unspecified atom stereocenters. The fraction of sp³-hybridized carbons (Fsp3) is 0.409. The minimum absolute atomic E-state index is 0.0375. The quantitative estimate of drug-likeness (QED) is 0.661. The Morgan fingerprint density at radius 3 is 2.59 bits per heavy atom. The Hall–Kier alpha value is -2.44. The Bertz CT molecular complexity index is 1040. The Kier molecular flexibility index (Phi) is 6.24. The first-order valence-corrected chi connectivity index (χ1v) is 10.1. The molecule has 2 heterocycles. The molecule has 7 heteroatoms. The number of hydrogen-bond acceptors (Lipinski definition) is 4. The molecule has 2 aromatic heterocycles.